The summed E-state index contributed by atoms with van der Waals surface area (Å²) >= 11 is 3.51. The second-order valence-corrected chi connectivity index (χ2v) is 6.41. The summed E-state index contributed by atoms with van der Waals surface area (Å²) in [6.07, 6.45) is 4.64. The molecule has 0 bridgehead atoms. The predicted molar refractivity (Wildman–Crippen MR) is 83.9 cm³/mol. The van der Waals surface area contributed by atoms with Gasteiger partial charge in [0.05, 0.1) is 7.11 Å². The number of hydrogen-bond donors (Lipinski definition) is 1. The van der Waals surface area contributed by atoms with Crippen molar-refractivity contribution in [2.75, 3.05) is 13.7 Å². The molecular weight excluding hydrogens is 318 g/mol. The average Bonchev–Trinajstić information content (AvgIpc) is 2.49. The van der Waals surface area contributed by atoms with E-state index in [0.717, 1.165) is 48.0 Å². The minimum atomic E-state index is 0.205. The van der Waals surface area contributed by atoms with E-state index in [-0.39, 0.29) is 5.92 Å². The molecule has 0 unspecified atom stereocenters. The molecule has 0 aliphatic heterocycles. The molecule has 2 N–H and O–H groups in total. The van der Waals surface area contributed by atoms with Crippen LogP contribution in [-0.2, 0) is 11.2 Å². The molecule has 4 heteroatoms. The molecule has 1 aromatic rings. The lowest BCUT2D eigenvalue weighted by Crippen LogP contribution is -2.26. The van der Waals surface area contributed by atoms with Gasteiger partial charge in [0.15, 0.2) is 0 Å². The van der Waals surface area contributed by atoms with Crippen molar-refractivity contribution in [1.82, 2.24) is 0 Å². The van der Waals surface area contributed by atoms with Crippen molar-refractivity contribution in [3.63, 3.8) is 0 Å². The predicted octanol–water partition coefficient (Wildman–Crippen LogP) is 3.33. The largest absolute Gasteiger partial charge is 0.497 e. The lowest BCUT2D eigenvalue weighted by Gasteiger charge is -2.26. The van der Waals surface area contributed by atoms with E-state index in [1.165, 1.54) is 0 Å². The number of benzene rings is 1. The van der Waals surface area contributed by atoms with Crippen molar-refractivity contribution in [3.8, 4) is 5.75 Å². The monoisotopic (exact) mass is 339 g/mol. The van der Waals surface area contributed by atoms with E-state index >= 15 is 0 Å². The van der Waals surface area contributed by atoms with Crippen molar-refractivity contribution in [2.45, 2.75) is 32.1 Å². The van der Waals surface area contributed by atoms with Gasteiger partial charge in [0.1, 0.15) is 11.5 Å². The first kappa shape index (κ1) is 15.5. The first-order valence-electron chi connectivity index (χ1n) is 7.19. The zero-order chi connectivity index (χ0) is 14.5. The molecule has 1 aromatic carbocycles. The smallest absolute Gasteiger partial charge is 0.140 e. The molecule has 3 nitrogen and oxygen atoms in total. The molecule has 20 heavy (non-hydrogen) atoms. The second kappa shape index (κ2) is 7.23. The van der Waals surface area contributed by atoms with E-state index in [0.29, 0.717) is 18.1 Å². The molecule has 0 radical (unpaired) electrons. The van der Waals surface area contributed by atoms with Crippen LogP contribution in [0.25, 0.3) is 0 Å². The molecule has 0 heterocycles. The van der Waals surface area contributed by atoms with Gasteiger partial charge in [-0.3, -0.25) is 4.79 Å². The van der Waals surface area contributed by atoms with Crippen LogP contribution in [0.15, 0.2) is 22.7 Å². The standard InChI is InChI=1S/C16H22BrNO2/c1-20-14-6-7-15(17)13(8-14)9-16(19)12-4-2-11(10-18)3-5-12/h6-8,11-12H,2-5,9-10,18H2,1H3. The Morgan fingerprint density at radius 1 is 1.35 bits per heavy atom. The summed E-state index contributed by atoms with van der Waals surface area (Å²) in [7, 11) is 1.64. The molecule has 110 valence electrons. The number of halogens is 1. The third-order valence-electron chi connectivity index (χ3n) is 4.25. The number of ether oxygens (including phenoxy) is 1. The Labute approximate surface area is 129 Å². The number of Topliss-reactive ketones (excluding diaryl/α,β-unsaturated/α-hetero) is 1. The molecule has 1 aliphatic carbocycles. The van der Waals surface area contributed by atoms with E-state index in [1.807, 2.05) is 18.2 Å². The minimum Gasteiger partial charge on any atom is -0.497 e. The normalized spacial score (nSPS) is 22.6. The lowest BCUT2D eigenvalue weighted by atomic mass is 9.79. The van der Waals surface area contributed by atoms with Crippen LogP contribution in [0.3, 0.4) is 0 Å². The zero-order valence-corrected chi connectivity index (χ0v) is 13.5. The SMILES string of the molecule is COc1ccc(Br)c(CC(=O)C2CCC(CN)CC2)c1. The van der Waals surface area contributed by atoms with Crippen LogP contribution in [0, 0.1) is 11.8 Å². The van der Waals surface area contributed by atoms with Gasteiger partial charge in [-0.25, -0.2) is 0 Å². The van der Waals surface area contributed by atoms with Crippen LogP contribution < -0.4 is 10.5 Å². The number of hydrogen-bond acceptors (Lipinski definition) is 3. The van der Waals surface area contributed by atoms with Gasteiger partial charge in [-0.2, -0.15) is 0 Å². The Morgan fingerprint density at radius 2 is 2.05 bits per heavy atom. The van der Waals surface area contributed by atoms with Crippen molar-refractivity contribution < 1.29 is 9.53 Å². The van der Waals surface area contributed by atoms with Crippen molar-refractivity contribution >= 4 is 21.7 Å². The maximum Gasteiger partial charge on any atom is 0.140 e. The molecular formula is C16H22BrNO2. The zero-order valence-electron chi connectivity index (χ0n) is 11.9. The quantitative estimate of drug-likeness (QED) is 0.894. The Hall–Kier alpha value is -0.870. The first-order valence-corrected chi connectivity index (χ1v) is 7.98. The minimum absolute atomic E-state index is 0.205. The maximum atomic E-state index is 12.4. The highest BCUT2D eigenvalue weighted by molar-refractivity contribution is 9.10. The summed E-state index contributed by atoms with van der Waals surface area (Å²) < 4.78 is 6.19. The van der Waals surface area contributed by atoms with Gasteiger partial charge in [0.2, 0.25) is 0 Å². The van der Waals surface area contributed by atoms with Crippen LogP contribution in [0.5, 0.6) is 5.75 Å². The Kier molecular flexibility index (Phi) is 5.61. The Bertz CT molecular complexity index is 468. The van der Waals surface area contributed by atoms with E-state index < -0.39 is 0 Å². The van der Waals surface area contributed by atoms with Crippen molar-refractivity contribution in [2.24, 2.45) is 17.6 Å². The van der Waals surface area contributed by atoms with Gasteiger partial charge >= 0.3 is 0 Å². The molecule has 0 saturated heterocycles. The number of rotatable bonds is 5. The van der Waals surface area contributed by atoms with E-state index in [4.69, 9.17) is 10.5 Å². The van der Waals surface area contributed by atoms with Gasteiger partial charge in [-0.05, 0) is 61.9 Å². The number of carbonyl (C=O) groups is 1. The maximum absolute atomic E-state index is 12.4. The average molecular weight is 340 g/mol. The fraction of sp³-hybridized carbons (Fsp3) is 0.562. The van der Waals surface area contributed by atoms with Gasteiger partial charge in [0.25, 0.3) is 0 Å². The molecule has 2 rings (SSSR count). The van der Waals surface area contributed by atoms with Crippen LogP contribution >= 0.6 is 15.9 Å². The number of methoxy groups -OCH3 is 1. The van der Waals surface area contributed by atoms with Gasteiger partial charge in [0, 0.05) is 16.8 Å². The van der Waals surface area contributed by atoms with Crippen molar-refractivity contribution in [3.05, 3.63) is 28.2 Å². The molecule has 1 saturated carbocycles. The highest BCUT2D eigenvalue weighted by Gasteiger charge is 2.25. The van der Waals surface area contributed by atoms with Crippen molar-refractivity contribution in [1.29, 1.82) is 0 Å². The van der Waals surface area contributed by atoms with E-state index in [9.17, 15) is 4.79 Å². The van der Waals surface area contributed by atoms with E-state index in [1.54, 1.807) is 7.11 Å². The lowest BCUT2D eigenvalue weighted by molar-refractivity contribution is -0.123. The topological polar surface area (TPSA) is 52.3 Å². The fourth-order valence-electron chi connectivity index (χ4n) is 2.87. The first-order chi connectivity index (χ1) is 9.63. The highest BCUT2D eigenvalue weighted by Crippen LogP contribution is 2.31. The summed E-state index contributed by atoms with van der Waals surface area (Å²) in [5, 5.41) is 0. The molecule has 0 amide bonds. The van der Waals surface area contributed by atoms with Crippen LogP contribution in [0.2, 0.25) is 0 Å². The summed E-state index contributed by atoms with van der Waals surface area (Å²) in [6, 6.07) is 5.77. The molecule has 0 spiro atoms. The summed E-state index contributed by atoms with van der Waals surface area (Å²) in [5.74, 6) is 1.95. The highest BCUT2D eigenvalue weighted by atomic mass is 79.9. The van der Waals surface area contributed by atoms with Crippen LogP contribution in [-0.4, -0.2) is 19.4 Å². The number of carbonyl (C=O) groups excluding carboxylic acids is 1. The third kappa shape index (κ3) is 3.83. The molecule has 1 fully saturated rings. The fourth-order valence-corrected chi connectivity index (χ4v) is 3.25. The Morgan fingerprint density at radius 3 is 2.65 bits per heavy atom. The summed E-state index contributed by atoms with van der Waals surface area (Å²) in [5.41, 5.74) is 6.70. The van der Waals surface area contributed by atoms with Gasteiger partial charge in [-0.1, -0.05) is 15.9 Å². The number of ketones is 1. The second-order valence-electron chi connectivity index (χ2n) is 5.55. The van der Waals surface area contributed by atoms with Crippen LogP contribution in [0.1, 0.15) is 31.2 Å². The third-order valence-corrected chi connectivity index (χ3v) is 5.03. The molecule has 1 aliphatic rings. The summed E-state index contributed by atoms with van der Waals surface area (Å²) in [6.45, 7) is 0.752. The summed E-state index contributed by atoms with van der Waals surface area (Å²) in [4.78, 5) is 12.4. The van der Waals surface area contributed by atoms with E-state index in [2.05, 4.69) is 15.9 Å². The molecule has 0 atom stereocenters. The van der Waals surface area contributed by atoms with Gasteiger partial charge < -0.3 is 10.5 Å². The van der Waals surface area contributed by atoms with Gasteiger partial charge in [-0.15, -0.1) is 0 Å². The van der Waals surface area contributed by atoms with Crippen LogP contribution in [0.4, 0.5) is 0 Å². The number of nitrogens with two attached hydrogens (primary N) is 1. The Balaban J connectivity index is 1.98. The molecule has 0 aromatic heterocycles.